The second kappa shape index (κ2) is 14.8. The van der Waals surface area contributed by atoms with Crippen LogP contribution in [0.5, 0.6) is 5.75 Å². The van der Waals surface area contributed by atoms with Gasteiger partial charge in [0.25, 0.3) is 11.8 Å². The van der Waals surface area contributed by atoms with Crippen LogP contribution < -0.4 is 4.90 Å². The minimum absolute atomic E-state index is 0.0124. The highest BCUT2D eigenvalue weighted by Crippen LogP contribution is 2.34. The second-order valence-corrected chi connectivity index (χ2v) is 16.2. The molecule has 9 rings (SSSR count). The number of aryl methyl sites for hydroxylation is 1. The highest BCUT2D eigenvalue weighted by Gasteiger charge is 2.35. The van der Waals surface area contributed by atoms with Gasteiger partial charge in [-0.2, -0.15) is 0 Å². The van der Waals surface area contributed by atoms with Crippen LogP contribution in [0.25, 0.3) is 16.6 Å². The van der Waals surface area contributed by atoms with Gasteiger partial charge >= 0.3 is 0 Å². The number of amides is 2. The van der Waals surface area contributed by atoms with Crippen molar-refractivity contribution in [1.82, 2.24) is 24.3 Å². The van der Waals surface area contributed by atoms with E-state index in [0.29, 0.717) is 34.7 Å². The predicted molar refractivity (Wildman–Crippen MR) is 221 cm³/mol. The van der Waals surface area contributed by atoms with Gasteiger partial charge in [-0.25, -0.2) is 0 Å². The second-order valence-electron chi connectivity index (χ2n) is 15.3. The van der Waals surface area contributed by atoms with Gasteiger partial charge in [0.2, 0.25) is 0 Å². The Bertz CT molecular complexity index is 2370. The first-order valence-electron chi connectivity index (χ1n) is 19.3. The normalized spacial score (nSPS) is 17.9. The number of hydrogen-bond donors (Lipinski definition) is 2. The first-order chi connectivity index (χ1) is 26.8. The summed E-state index contributed by atoms with van der Waals surface area (Å²) in [6, 6.07) is 31.5. The van der Waals surface area contributed by atoms with Gasteiger partial charge in [0.05, 0.1) is 16.8 Å². The third-order valence-corrected chi connectivity index (χ3v) is 12.4. The summed E-state index contributed by atoms with van der Waals surface area (Å²) in [4.78, 5) is 41.8. The summed E-state index contributed by atoms with van der Waals surface area (Å²) >= 11 is 3.68. The number of nitrogens with zero attached hydrogens (tertiary/aromatic N) is 5. The number of hydrogen-bond acceptors (Lipinski definition) is 5. The molecule has 10 heteroatoms. The average Bonchev–Trinajstić information content (AvgIpc) is 3.81. The highest BCUT2D eigenvalue weighted by atomic mass is 79.9. The number of aromatic amines is 1. The highest BCUT2D eigenvalue weighted by molar-refractivity contribution is 9.10. The maximum Gasteiger partial charge on any atom is 0.264 e. The molecule has 2 amide bonds. The number of phenolic OH excluding ortho intramolecular Hbond substituents is 1. The van der Waals surface area contributed by atoms with Crippen LogP contribution >= 0.6 is 15.9 Å². The number of carbonyl (C=O) groups excluding carboxylic acids is 2. The molecule has 6 aromatic rings. The Hall–Kier alpha value is -5.16. The number of rotatable bonds is 8. The lowest BCUT2D eigenvalue weighted by molar-refractivity contribution is 0.0373. The summed E-state index contributed by atoms with van der Waals surface area (Å²) in [6.45, 7) is 7.60. The van der Waals surface area contributed by atoms with E-state index in [9.17, 15) is 14.7 Å². The Morgan fingerprint density at radius 3 is 2.40 bits per heavy atom. The lowest BCUT2D eigenvalue weighted by atomic mass is 9.90. The van der Waals surface area contributed by atoms with Crippen molar-refractivity contribution in [1.29, 1.82) is 0 Å². The predicted octanol–water partition coefficient (Wildman–Crippen LogP) is 8.45. The molecule has 1 saturated heterocycles. The van der Waals surface area contributed by atoms with Crippen LogP contribution in [0, 0.1) is 6.92 Å². The van der Waals surface area contributed by atoms with Crippen LogP contribution in [0.4, 0.5) is 11.4 Å². The van der Waals surface area contributed by atoms with Crippen LogP contribution in [0.1, 0.15) is 56.8 Å². The van der Waals surface area contributed by atoms with Crippen LogP contribution in [0.3, 0.4) is 0 Å². The van der Waals surface area contributed by atoms with Crippen LogP contribution in [0.2, 0.25) is 0 Å². The van der Waals surface area contributed by atoms with Crippen molar-refractivity contribution in [2.45, 2.75) is 51.2 Å². The summed E-state index contributed by atoms with van der Waals surface area (Å²) in [6.07, 6.45) is 8.54. The number of H-pyrrole nitrogens is 1. The van der Waals surface area contributed by atoms with Gasteiger partial charge in [-0.3, -0.25) is 24.3 Å². The Kier molecular flexibility index (Phi) is 9.58. The molecule has 4 heterocycles. The van der Waals surface area contributed by atoms with Crippen molar-refractivity contribution in [3.8, 4) is 11.4 Å². The number of anilines is 2. The average molecular weight is 798 g/mol. The fourth-order valence-electron chi connectivity index (χ4n) is 8.63. The van der Waals surface area contributed by atoms with E-state index in [1.54, 1.807) is 29.2 Å². The van der Waals surface area contributed by atoms with E-state index in [4.69, 9.17) is 0 Å². The number of nitrogens with one attached hydrogen (secondary N) is 1. The molecule has 0 spiro atoms. The number of carbonyl (C=O) groups is 2. The number of phenols is 1. The third kappa shape index (κ3) is 6.99. The van der Waals surface area contributed by atoms with E-state index in [-0.39, 0.29) is 23.6 Å². The number of fused-ring (bicyclic) bond motifs is 2. The van der Waals surface area contributed by atoms with E-state index >= 15 is 0 Å². The Morgan fingerprint density at radius 2 is 1.64 bits per heavy atom. The van der Waals surface area contributed by atoms with Gasteiger partial charge in [-0.05, 0) is 110 Å². The standard InChI is InChI=1S/C45H45BrN6O3/c1-30-23-34(44(54)52(37-10-13-40(53)14-11-37)38-12-16-42-32(25-38)17-18-47-42)28-50(30)43-26-35(46)9-15-41(43)45(55)51-27-33-6-3-2-5-31(33)24-39(51)29-48-19-21-49(22-20-48)36-7-4-8-36/h2-3,5-6,9-18,23,25-26,28,36,39,47,53H,4,7-8,19-22,24,27,29H2,1H3/t39-/m0/s1. The molecule has 55 heavy (non-hydrogen) atoms. The number of aromatic hydroxyl groups is 1. The minimum Gasteiger partial charge on any atom is -0.508 e. The van der Waals surface area contributed by atoms with Crippen LogP contribution in [-0.4, -0.2) is 86.0 Å². The first kappa shape index (κ1) is 35.5. The number of piperazine rings is 1. The molecule has 1 saturated carbocycles. The van der Waals surface area contributed by atoms with E-state index in [2.05, 4.69) is 59.9 Å². The van der Waals surface area contributed by atoms with Gasteiger partial charge in [-0.1, -0.05) is 46.6 Å². The van der Waals surface area contributed by atoms with Crippen LogP contribution in [-0.2, 0) is 13.0 Å². The lowest BCUT2D eigenvalue weighted by Gasteiger charge is -2.45. The summed E-state index contributed by atoms with van der Waals surface area (Å²) in [5, 5.41) is 11.0. The number of benzene rings is 4. The molecule has 0 radical (unpaired) electrons. The lowest BCUT2D eigenvalue weighted by Crippen LogP contribution is -2.56. The monoisotopic (exact) mass is 796 g/mol. The maximum absolute atomic E-state index is 15.0. The van der Waals surface area contributed by atoms with E-state index in [1.165, 1.54) is 30.4 Å². The fourth-order valence-corrected chi connectivity index (χ4v) is 8.98. The third-order valence-electron chi connectivity index (χ3n) is 11.9. The maximum atomic E-state index is 15.0. The molecule has 2 aromatic heterocycles. The van der Waals surface area contributed by atoms with Crippen molar-refractivity contribution in [2.75, 3.05) is 37.6 Å². The molecule has 2 N–H and O–H groups in total. The van der Waals surface area contributed by atoms with Crippen LogP contribution in [0.15, 0.2) is 114 Å². The molecule has 2 aliphatic heterocycles. The molecule has 0 unspecified atom stereocenters. The quantitative estimate of drug-likeness (QED) is 0.162. The summed E-state index contributed by atoms with van der Waals surface area (Å²) in [7, 11) is 0. The van der Waals surface area contributed by atoms with Gasteiger partial charge in [0, 0.05) is 96.2 Å². The topological polar surface area (TPSA) is 88.0 Å². The molecule has 0 bridgehead atoms. The zero-order valence-corrected chi connectivity index (χ0v) is 32.6. The van der Waals surface area contributed by atoms with Crippen molar-refractivity contribution in [2.24, 2.45) is 0 Å². The van der Waals surface area contributed by atoms with Crippen molar-refractivity contribution < 1.29 is 14.7 Å². The van der Waals surface area contributed by atoms with E-state index in [1.807, 2.05) is 72.4 Å². The SMILES string of the molecule is Cc1cc(C(=O)N(c2ccc(O)cc2)c2ccc3[nH]ccc3c2)cn1-c1cc(Br)ccc1C(=O)N1Cc2ccccc2C[C@H]1CN1CCN(C2CCC2)CC1. The molecule has 1 aliphatic carbocycles. The molecule has 4 aromatic carbocycles. The van der Waals surface area contributed by atoms with Gasteiger partial charge in [0.15, 0.2) is 0 Å². The first-order valence-corrected chi connectivity index (χ1v) is 20.1. The minimum atomic E-state index is -0.226. The zero-order valence-electron chi connectivity index (χ0n) is 31.0. The van der Waals surface area contributed by atoms with E-state index in [0.717, 1.165) is 66.3 Å². The molecule has 280 valence electrons. The van der Waals surface area contributed by atoms with Gasteiger partial charge in [0.1, 0.15) is 5.75 Å². The summed E-state index contributed by atoms with van der Waals surface area (Å²) in [5.74, 6) is -0.117. The Balaban J connectivity index is 1.04. The van der Waals surface area contributed by atoms with Gasteiger partial charge < -0.3 is 19.6 Å². The molecular weight excluding hydrogens is 752 g/mol. The van der Waals surface area contributed by atoms with Crippen molar-refractivity contribution in [3.63, 3.8) is 0 Å². The Labute approximate surface area is 329 Å². The summed E-state index contributed by atoms with van der Waals surface area (Å²) in [5.41, 5.74) is 7.42. The Morgan fingerprint density at radius 1 is 0.873 bits per heavy atom. The van der Waals surface area contributed by atoms with E-state index < -0.39 is 0 Å². The fraction of sp³-hybridized carbons (Fsp3) is 0.289. The molecule has 2 fully saturated rings. The molecule has 3 aliphatic rings. The molecule has 1 atom stereocenters. The van der Waals surface area contributed by atoms with Gasteiger partial charge in [-0.15, -0.1) is 0 Å². The molecular formula is C45H45BrN6O3. The number of aromatic nitrogens is 2. The molecule has 9 nitrogen and oxygen atoms in total. The summed E-state index contributed by atoms with van der Waals surface area (Å²) < 4.78 is 2.80. The zero-order chi connectivity index (χ0) is 37.6. The largest absolute Gasteiger partial charge is 0.508 e. The van der Waals surface area contributed by atoms with Crippen molar-refractivity contribution in [3.05, 3.63) is 142 Å². The van der Waals surface area contributed by atoms with Crippen molar-refractivity contribution >= 4 is 50.0 Å². The smallest absolute Gasteiger partial charge is 0.264 e. The number of halogens is 1.